The number of aromatic nitrogens is 1. The minimum atomic E-state index is -0.940. The van der Waals surface area contributed by atoms with Crippen molar-refractivity contribution in [3.63, 3.8) is 0 Å². The van der Waals surface area contributed by atoms with Crippen LogP contribution in [-0.4, -0.2) is 21.7 Å². The molecule has 1 fully saturated rings. The molecule has 106 valence electrons. The van der Waals surface area contributed by atoms with E-state index in [0.29, 0.717) is 12.3 Å². The Balaban J connectivity index is 2.18. The van der Waals surface area contributed by atoms with E-state index in [4.69, 9.17) is 10.8 Å². The van der Waals surface area contributed by atoms with Crippen LogP contribution >= 0.6 is 0 Å². The van der Waals surface area contributed by atoms with Crippen LogP contribution in [0.3, 0.4) is 0 Å². The Morgan fingerprint density at radius 3 is 2.80 bits per heavy atom. The van der Waals surface area contributed by atoms with E-state index >= 15 is 0 Å². The van der Waals surface area contributed by atoms with Crippen LogP contribution in [0, 0.1) is 6.92 Å². The maximum absolute atomic E-state index is 11.1. The van der Waals surface area contributed by atoms with Crippen molar-refractivity contribution in [2.45, 2.75) is 38.1 Å². The van der Waals surface area contributed by atoms with E-state index in [1.54, 1.807) is 0 Å². The molecule has 0 saturated heterocycles. The van der Waals surface area contributed by atoms with Crippen LogP contribution in [0.15, 0.2) is 18.2 Å². The number of rotatable bonds is 4. The number of carboxylic acid groups (broad SMARTS) is 1. The van der Waals surface area contributed by atoms with E-state index in [1.807, 2.05) is 14.0 Å². The molecule has 3 N–H and O–H groups in total. The summed E-state index contributed by atoms with van der Waals surface area (Å²) in [6.07, 6.45) is 2.86. The second kappa shape index (κ2) is 4.63. The summed E-state index contributed by atoms with van der Waals surface area (Å²) < 4.78 is 2.14. The number of benzene rings is 1. The van der Waals surface area contributed by atoms with Gasteiger partial charge in [0.1, 0.15) is 6.04 Å². The largest absolute Gasteiger partial charge is 0.480 e. The van der Waals surface area contributed by atoms with Gasteiger partial charge in [0.25, 0.3) is 0 Å². The van der Waals surface area contributed by atoms with Gasteiger partial charge in [0.15, 0.2) is 0 Å². The molecular weight excluding hydrogens is 252 g/mol. The molecule has 0 spiro atoms. The summed E-state index contributed by atoms with van der Waals surface area (Å²) in [5.41, 5.74) is 10.5. The summed E-state index contributed by atoms with van der Waals surface area (Å²) in [5, 5.41) is 10.3. The van der Waals surface area contributed by atoms with Crippen molar-refractivity contribution in [2.75, 3.05) is 0 Å². The zero-order valence-corrected chi connectivity index (χ0v) is 11.9. The average molecular weight is 272 g/mol. The van der Waals surface area contributed by atoms with Gasteiger partial charge in [-0.25, -0.2) is 0 Å². The standard InChI is InChI=1S/C16H20N2O2/c1-9-12(8-13(17)16(19)20)15-11(10-6-7-10)4-3-5-14(15)18(9)2/h3-5,10,13H,6-8,17H2,1-2H3,(H,19,20). The van der Waals surface area contributed by atoms with Gasteiger partial charge in [-0.05, 0) is 42.9 Å². The number of carboxylic acids is 1. The molecule has 20 heavy (non-hydrogen) atoms. The zero-order chi connectivity index (χ0) is 14.4. The molecule has 1 aromatic carbocycles. The molecule has 1 atom stereocenters. The Labute approximate surface area is 118 Å². The first-order chi connectivity index (χ1) is 9.50. The van der Waals surface area contributed by atoms with Crippen LogP contribution in [0.5, 0.6) is 0 Å². The lowest BCUT2D eigenvalue weighted by atomic mass is 9.97. The maximum atomic E-state index is 11.1. The van der Waals surface area contributed by atoms with Gasteiger partial charge in [0, 0.05) is 30.1 Å². The summed E-state index contributed by atoms with van der Waals surface area (Å²) in [6.45, 7) is 2.04. The molecule has 1 aliphatic carbocycles. The molecule has 2 aromatic rings. The minimum Gasteiger partial charge on any atom is -0.480 e. The number of hydrogen-bond acceptors (Lipinski definition) is 2. The van der Waals surface area contributed by atoms with Crippen LogP contribution in [0.2, 0.25) is 0 Å². The zero-order valence-electron chi connectivity index (χ0n) is 11.9. The van der Waals surface area contributed by atoms with Crippen LogP contribution in [-0.2, 0) is 18.3 Å². The van der Waals surface area contributed by atoms with Gasteiger partial charge in [-0.2, -0.15) is 0 Å². The van der Waals surface area contributed by atoms with Gasteiger partial charge in [-0.15, -0.1) is 0 Å². The van der Waals surface area contributed by atoms with Crippen molar-refractivity contribution in [3.8, 4) is 0 Å². The highest BCUT2D eigenvalue weighted by Crippen LogP contribution is 2.44. The lowest BCUT2D eigenvalue weighted by molar-refractivity contribution is -0.138. The van der Waals surface area contributed by atoms with Crippen molar-refractivity contribution < 1.29 is 9.90 Å². The molecule has 4 nitrogen and oxygen atoms in total. The van der Waals surface area contributed by atoms with Crippen LogP contribution in [0.4, 0.5) is 0 Å². The summed E-state index contributed by atoms with van der Waals surface area (Å²) in [7, 11) is 2.03. The highest BCUT2D eigenvalue weighted by molar-refractivity contribution is 5.90. The third kappa shape index (κ3) is 2.00. The van der Waals surface area contributed by atoms with Crippen molar-refractivity contribution in [2.24, 2.45) is 12.8 Å². The maximum Gasteiger partial charge on any atom is 0.320 e. The van der Waals surface area contributed by atoms with Gasteiger partial charge >= 0.3 is 5.97 Å². The highest BCUT2D eigenvalue weighted by Gasteiger charge is 2.28. The van der Waals surface area contributed by atoms with Gasteiger partial charge in [-0.1, -0.05) is 12.1 Å². The van der Waals surface area contributed by atoms with E-state index in [1.165, 1.54) is 29.3 Å². The van der Waals surface area contributed by atoms with Crippen LogP contribution in [0.25, 0.3) is 10.9 Å². The quantitative estimate of drug-likeness (QED) is 0.897. The number of hydrogen-bond donors (Lipinski definition) is 2. The molecule has 1 saturated carbocycles. The Morgan fingerprint density at radius 2 is 2.20 bits per heavy atom. The predicted octanol–water partition coefficient (Wildman–Crippen LogP) is 2.32. The van der Waals surface area contributed by atoms with E-state index in [0.717, 1.165) is 11.3 Å². The normalized spacial score (nSPS) is 16.6. The number of carbonyl (C=O) groups is 1. The molecule has 4 heteroatoms. The van der Waals surface area contributed by atoms with E-state index in [-0.39, 0.29) is 0 Å². The molecule has 1 unspecified atom stereocenters. The lowest BCUT2D eigenvalue weighted by Gasteiger charge is -2.09. The molecule has 1 aromatic heterocycles. The molecule has 0 radical (unpaired) electrons. The summed E-state index contributed by atoms with van der Waals surface area (Å²) in [6, 6.07) is 5.53. The number of nitrogens with two attached hydrogens (primary N) is 1. The monoisotopic (exact) mass is 272 g/mol. The minimum absolute atomic E-state index is 0.391. The number of aliphatic carboxylic acids is 1. The first-order valence-corrected chi connectivity index (χ1v) is 7.06. The SMILES string of the molecule is Cc1c(CC(N)C(=O)O)c2c(C3CC3)cccc2n1C. The molecule has 0 aliphatic heterocycles. The summed E-state index contributed by atoms with van der Waals surface area (Å²) in [4.78, 5) is 11.1. The fourth-order valence-electron chi connectivity index (χ4n) is 3.02. The fourth-order valence-corrected chi connectivity index (χ4v) is 3.02. The first kappa shape index (κ1) is 13.2. The van der Waals surface area contributed by atoms with E-state index in [9.17, 15) is 4.79 Å². The summed E-state index contributed by atoms with van der Waals surface area (Å²) >= 11 is 0. The Bertz CT molecular complexity index is 683. The van der Waals surface area contributed by atoms with Crippen LogP contribution < -0.4 is 5.73 Å². The molecular formula is C16H20N2O2. The number of aryl methyl sites for hydroxylation is 1. The van der Waals surface area contributed by atoms with E-state index in [2.05, 4.69) is 22.8 Å². The molecule has 1 heterocycles. The van der Waals surface area contributed by atoms with Gasteiger partial charge in [0.05, 0.1) is 0 Å². The second-order valence-corrected chi connectivity index (χ2v) is 5.79. The highest BCUT2D eigenvalue weighted by atomic mass is 16.4. The molecule has 0 amide bonds. The smallest absolute Gasteiger partial charge is 0.320 e. The number of nitrogens with zero attached hydrogens (tertiary/aromatic N) is 1. The molecule has 3 rings (SSSR count). The lowest BCUT2D eigenvalue weighted by Crippen LogP contribution is -2.32. The van der Waals surface area contributed by atoms with Crippen molar-refractivity contribution in [3.05, 3.63) is 35.0 Å². The van der Waals surface area contributed by atoms with Crippen LogP contribution in [0.1, 0.15) is 35.6 Å². The van der Waals surface area contributed by atoms with Gasteiger partial charge < -0.3 is 15.4 Å². The molecule has 0 bridgehead atoms. The van der Waals surface area contributed by atoms with E-state index < -0.39 is 12.0 Å². The summed E-state index contributed by atoms with van der Waals surface area (Å²) in [5.74, 6) is -0.300. The molecule has 1 aliphatic rings. The van der Waals surface area contributed by atoms with Gasteiger partial charge in [0.2, 0.25) is 0 Å². The second-order valence-electron chi connectivity index (χ2n) is 5.79. The number of fused-ring (bicyclic) bond motifs is 1. The fraction of sp³-hybridized carbons (Fsp3) is 0.438. The van der Waals surface area contributed by atoms with Crippen molar-refractivity contribution >= 4 is 16.9 Å². The topological polar surface area (TPSA) is 68.2 Å². The predicted molar refractivity (Wildman–Crippen MR) is 78.9 cm³/mol. The Morgan fingerprint density at radius 1 is 1.50 bits per heavy atom. The van der Waals surface area contributed by atoms with Crippen molar-refractivity contribution in [1.29, 1.82) is 0 Å². The Hall–Kier alpha value is -1.81. The third-order valence-electron chi connectivity index (χ3n) is 4.44. The third-order valence-corrected chi connectivity index (χ3v) is 4.44. The Kier molecular flexibility index (Phi) is 3.05. The van der Waals surface area contributed by atoms with Crippen molar-refractivity contribution in [1.82, 2.24) is 4.57 Å². The van der Waals surface area contributed by atoms with Gasteiger partial charge in [-0.3, -0.25) is 4.79 Å². The average Bonchev–Trinajstić information content (AvgIpc) is 3.23. The first-order valence-electron chi connectivity index (χ1n) is 7.06.